The van der Waals surface area contributed by atoms with E-state index in [0.29, 0.717) is 12.0 Å². The van der Waals surface area contributed by atoms with Crippen molar-refractivity contribution in [2.75, 3.05) is 33.3 Å². The Labute approximate surface area is 152 Å². The number of carbonyl (C=O) groups is 2. The molecule has 2 aliphatic heterocycles. The van der Waals surface area contributed by atoms with Crippen molar-refractivity contribution in [2.24, 2.45) is 11.8 Å². The van der Waals surface area contributed by atoms with Crippen LogP contribution in [-0.4, -0.2) is 61.0 Å². The molecule has 5 heteroatoms. The molecule has 0 aromatic rings. The number of hydrogen-bond donors (Lipinski definition) is 0. The lowest BCUT2D eigenvalue weighted by Crippen LogP contribution is -2.45. The molecule has 2 amide bonds. The van der Waals surface area contributed by atoms with Gasteiger partial charge in [0.05, 0.1) is 6.10 Å². The summed E-state index contributed by atoms with van der Waals surface area (Å²) in [7, 11) is 1.92. The molecule has 3 aliphatic rings. The summed E-state index contributed by atoms with van der Waals surface area (Å²) in [5.41, 5.74) is 0. The zero-order valence-electron chi connectivity index (χ0n) is 15.8. The molecular formula is C20H34N2O3. The van der Waals surface area contributed by atoms with Gasteiger partial charge in [0.15, 0.2) is 0 Å². The molecule has 25 heavy (non-hydrogen) atoms. The smallest absolute Gasteiger partial charge is 0.225 e. The van der Waals surface area contributed by atoms with Crippen molar-refractivity contribution in [3.05, 3.63) is 0 Å². The molecule has 0 aromatic carbocycles. The Morgan fingerprint density at radius 2 is 1.64 bits per heavy atom. The lowest BCUT2D eigenvalue weighted by Gasteiger charge is -2.35. The third-order valence-corrected chi connectivity index (χ3v) is 6.30. The van der Waals surface area contributed by atoms with Crippen LogP contribution in [0.25, 0.3) is 0 Å². The average Bonchev–Trinajstić information content (AvgIpc) is 3.20. The predicted molar refractivity (Wildman–Crippen MR) is 97.1 cm³/mol. The van der Waals surface area contributed by atoms with E-state index in [1.54, 1.807) is 0 Å². The van der Waals surface area contributed by atoms with E-state index in [1.165, 1.54) is 25.7 Å². The Morgan fingerprint density at radius 1 is 0.960 bits per heavy atom. The maximum atomic E-state index is 12.7. The van der Waals surface area contributed by atoms with Crippen LogP contribution < -0.4 is 0 Å². The van der Waals surface area contributed by atoms with Crippen molar-refractivity contribution in [3.63, 3.8) is 0 Å². The second kappa shape index (κ2) is 9.02. The monoisotopic (exact) mass is 350 g/mol. The van der Waals surface area contributed by atoms with Gasteiger partial charge in [-0.1, -0.05) is 12.8 Å². The van der Waals surface area contributed by atoms with E-state index >= 15 is 0 Å². The standard InChI is InChI=1S/C20H34N2O3/c1-21(12-11-18-8-4-5-15-25-18)19(23)17-9-13-22(14-10-17)20(24)16-6-2-3-7-16/h16-18H,2-15H2,1H3. The molecule has 142 valence electrons. The fourth-order valence-electron chi connectivity index (χ4n) is 4.57. The Balaban J connectivity index is 1.39. The lowest BCUT2D eigenvalue weighted by atomic mass is 9.94. The number of amides is 2. The fraction of sp³-hybridized carbons (Fsp3) is 0.900. The minimum atomic E-state index is 0.0879. The van der Waals surface area contributed by atoms with Gasteiger partial charge < -0.3 is 14.5 Å². The molecule has 1 atom stereocenters. The van der Waals surface area contributed by atoms with Crippen LogP contribution >= 0.6 is 0 Å². The average molecular weight is 351 g/mol. The second-order valence-electron chi connectivity index (χ2n) is 8.12. The van der Waals surface area contributed by atoms with Crippen LogP contribution in [0.15, 0.2) is 0 Å². The SMILES string of the molecule is CN(CCC1CCCCO1)C(=O)C1CCN(C(=O)C2CCCC2)CC1. The molecule has 0 aromatic heterocycles. The van der Waals surface area contributed by atoms with Crippen LogP contribution in [0, 0.1) is 11.8 Å². The Hall–Kier alpha value is -1.10. The van der Waals surface area contributed by atoms with E-state index in [-0.39, 0.29) is 17.7 Å². The van der Waals surface area contributed by atoms with Crippen molar-refractivity contribution < 1.29 is 14.3 Å². The number of likely N-dealkylation sites (tertiary alicyclic amines) is 1. The summed E-state index contributed by atoms with van der Waals surface area (Å²) in [4.78, 5) is 29.1. The largest absolute Gasteiger partial charge is 0.378 e. The third-order valence-electron chi connectivity index (χ3n) is 6.30. The molecular weight excluding hydrogens is 316 g/mol. The summed E-state index contributed by atoms with van der Waals surface area (Å²) < 4.78 is 5.76. The van der Waals surface area contributed by atoms with Crippen LogP contribution in [0.4, 0.5) is 0 Å². The first-order valence-electron chi connectivity index (χ1n) is 10.3. The molecule has 5 nitrogen and oxygen atoms in total. The number of nitrogens with zero attached hydrogens (tertiary/aromatic N) is 2. The summed E-state index contributed by atoms with van der Waals surface area (Å²) in [5, 5.41) is 0. The Morgan fingerprint density at radius 3 is 2.28 bits per heavy atom. The van der Waals surface area contributed by atoms with E-state index < -0.39 is 0 Å². The van der Waals surface area contributed by atoms with Gasteiger partial charge in [-0.05, 0) is 51.4 Å². The molecule has 1 saturated carbocycles. The molecule has 0 radical (unpaired) electrons. The Kier molecular flexibility index (Phi) is 6.74. The minimum absolute atomic E-state index is 0.0879. The highest BCUT2D eigenvalue weighted by atomic mass is 16.5. The second-order valence-corrected chi connectivity index (χ2v) is 8.12. The first-order valence-corrected chi connectivity index (χ1v) is 10.3. The van der Waals surface area contributed by atoms with E-state index in [9.17, 15) is 9.59 Å². The number of rotatable bonds is 5. The van der Waals surface area contributed by atoms with Crippen LogP contribution in [0.5, 0.6) is 0 Å². The highest BCUT2D eigenvalue weighted by Crippen LogP contribution is 2.29. The van der Waals surface area contributed by atoms with Crippen LogP contribution in [-0.2, 0) is 14.3 Å². The predicted octanol–water partition coefficient (Wildman–Crippen LogP) is 2.83. The summed E-state index contributed by atoms with van der Waals surface area (Å²) in [5.74, 6) is 0.935. The number of ether oxygens (including phenoxy) is 1. The molecule has 3 rings (SSSR count). The van der Waals surface area contributed by atoms with Crippen LogP contribution in [0.2, 0.25) is 0 Å². The number of hydrogen-bond acceptors (Lipinski definition) is 3. The highest BCUT2D eigenvalue weighted by Gasteiger charge is 2.32. The highest BCUT2D eigenvalue weighted by molar-refractivity contribution is 5.81. The minimum Gasteiger partial charge on any atom is -0.378 e. The summed E-state index contributed by atoms with van der Waals surface area (Å²) in [6, 6.07) is 0. The van der Waals surface area contributed by atoms with Crippen LogP contribution in [0.3, 0.4) is 0 Å². The van der Waals surface area contributed by atoms with Gasteiger partial charge in [-0.2, -0.15) is 0 Å². The molecule has 3 fully saturated rings. The normalized spacial score (nSPS) is 26.0. The van der Waals surface area contributed by atoms with Crippen molar-refractivity contribution in [1.82, 2.24) is 9.80 Å². The number of piperidine rings is 1. The topological polar surface area (TPSA) is 49.9 Å². The maximum absolute atomic E-state index is 12.7. The van der Waals surface area contributed by atoms with Crippen molar-refractivity contribution in [2.45, 2.75) is 70.3 Å². The molecule has 2 heterocycles. The summed E-state index contributed by atoms with van der Waals surface area (Å²) in [6.07, 6.45) is 11.0. The van der Waals surface area contributed by atoms with Crippen molar-refractivity contribution in [1.29, 1.82) is 0 Å². The van der Waals surface area contributed by atoms with Gasteiger partial charge in [0.2, 0.25) is 11.8 Å². The Bertz CT molecular complexity index is 448. The van der Waals surface area contributed by atoms with E-state index in [4.69, 9.17) is 4.74 Å². The quantitative estimate of drug-likeness (QED) is 0.766. The van der Waals surface area contributed by atoms with E-state index in [2.05, 4.69) is 0 Å². The third kappa shape index (κ3) is 4.96. The van der Waals surface area contributed by atoms with Crippen molar-refractivity contribution in [3.8, 4) is 0 Å². The number of carbonyl (C=O) groups excluding carboxylic acids is 2. The fourth-order valence-corrected chi connectivity index (χ4v) is 4.57. The van der Waals surface area contributed by atoms with E-state index in [1.807, 2.05) is 16.8 Å². The maximum Gasteiger partial charge on any atom is 0.225 e. The zero-order valence-corrected chi connectivity index (χ0v) is 15.8. The molecule has 1 aliphatic carbocycles. The molecule has 0 bridgehead atoms. The first kappa shape index (κ1) is 18.7. The van der Waals surface area contributed by atoms with Gasteiger partial charge in [-0.15, -0.1) is 0 Å². The lowest BCUT2D eigenvalue weighted by molar-refractivity contribution is -0.142. The molecule has 0 spiro atoms. The summed E-state index contributed by atoms with van der Waals surface area (Å²) in [6.45, 7) is 3.16. The summed E-state index contributed by atoms with van der Waals surface area (Å²) >= 11 is 0. The molecule has 2 saturated heterocycles. The van der Waals surface area contributed by atoms with Gasteiger partial charge in [0.25, 0.3) is 0 Å². The first-order chi connectivity index (χ1) is 12.1. The van der Waals surface area contributed by atoms with Gasteiger partial charge in [0, 0.05) is 45.1 Å². The van der Waals surface area contributed by atoms with Gasteiger partial charge in [-0.25, -0.2) is 0 Å². The van der Waals surface area contributed by atoms with Crippen LogP contribution in [0.1, 0.15) is 64.2 Å². The molecule has 0 N–H and O–H groups in total. The van der Waals surface area contributed by atoms with Gasteiger partial charge in [0.1, 0.15) is 0 Å². The van der Waals surface area contributed by atoms with Gasteiger partial charge in [-0.3, -0.25) is 9.59 Å². The molecule has 1 unspecified atom stereocenters. The van der Waals surface area contributed by atoms with Crippen molar-refractivity contribution >= 4 is 11.8 Å². The van der Waals surface area contributed by atoms with E-state index in [0.717, 1.165) is 64.8 Å². The zero-order chi connectivity index (χ0) is 17.6. The van der Waals surface area contributed by atoms with Gasteiger partial charge >= 0.3 is 0 Å².